The largest absolute Gasteiger partial charge is 0.494 e. The molecule has 1 rings (SSSR count). The van der Waals surface area contributed by atoms with E-state index >= 15 is 0 Å². The zero-order valence-corrected chi connectivity index (χ0v) is 11.6. The highest BCUT2D eigenvalue weighted by Gasteiger charge is 2.12. The Bertz CT molecular complexity index is 490. The third-order valence-electron chi connectivity index (χ3n) is 2.88. The van der Waals surface area contributed by atoms with Gasteiger partial charge in [0, 0.05) is 20.0 Å². The molecule has 0 saturated carbocycles. The van der Waals surface area contributed by atoms with Crippen LogP contribution in [0.2, 0.25) is 0 Å². The average Bonchev–Trinajstić information content (AvgIpc) is 2.38. The zero-order chi connectivity index (χ0) is 15.1. The van der Waals surface area contributed by atoms with Gasteiger partial charge in [-0.15, -0.1) is 0 Å². The standard InChI is InChI=1S/C14H18FNO4/c1-16(7-3-4-14(18)19)13(17)9-10-5-6-12(20-2)11(15)8-10/h5-6,8H,3-4,7,9H2,1-2H3,(H,18,19). The Balaban J connectivity index is 2.52. The number of amides is 1. The molecule has 0 fully saturated rings. The van der Waals surface area contributed by atoms with Crippen molar-refractivity contribution >= 4 is 11.9 Å². The molecule has 1 aromatic rings. The number of ether oxygens (including phenoxy) is 1. The molecule has 0 heterocycles. The lowest BCUT2D eigenvalue weighted by Gasteiger charge is -2.16. The number of aliphatic carboxylic acids is 1. The highest BCUT2D eigenvalue weighted by molar-refractivity contribution is 5.78. The van der Waals surface area contributed by atoms with Crippen LogP contribution in [0.1, 0.15) is 18.4 Å². The SMILES string of the molecule is COc1ccc(CC(=O)N(C)CCCC(=O)O)cc1F. The normalized spacial score (nSPS) is 10.2. The Morgan fingerprint density at radius 3 is 2.65 bits per heavy atom. The number of halogens is 1. The van der Waals surface area contributed by atoms with Crippen LogP contribution in [-0.4, -0.2) is 42.6 Å². The van der Waals surface area contributed by atoms with Crippen LogP contribution in [0.5, 0.6) is 5.75 Å². The molecule has 0 aromatic heterocycles. The summed E-state index contributed by atoms with van der Waals surface area (Å²) in [6, 6.07) is 4.37. The summed E-state index contributed by atoms with van der Waals surface area (Å²) in [5, 5.41) is 8.52. The summed E-state index contributed by atoms with van der Waals surface area (Å²) in [6.45, 7) is 0.365. The molecule has 0 saturated heterocycles. The van der Waals surface area contributed by atoms with Crippen LogP contribution in [0.15, 0.2) is 18.2 Å². The Morgan fingerprint density at radius 2 is 2.10 bits per heavy atom. The molecular formula is C14H18FNO4. The van der Waals surface area contributed by atoms with Crippen LogP contribution in [0.4, 0.5) is 4.39 Å². The number of hydrogen-bond donors (Lipinski definition) is 1. The summed E-state index contributed by atoms with van der Waals surface area (Å²) >= 11 is 0. The second-order valence-electron chi connectivity index (χ2n) is 4.46. The summed E-state index contributed by atoms with van der Waals surface area (Å²) in [5.41, 5.74) is 0.554. The number of carbonyl (C=O) groups is 2. The second kappa shape index (κ2) is 7.47. The molecular weight excluding hydrogens is 265 g/mol. The summed E-state index contributed by atoms with van der Waals surface area (Å²) in [5.74, 6) is -1.44. The molecule has 0 aliphatic rings. The fourth-order valence-electron chi connectivity index (χ4n) is 1.72. The van der Waals surface area contributed by atoms with Gasteiger partial charge in [0.2, 0.25) is 5.91 Å². The van der Waals surface area contributed by atoms with E-state index in [1.165, 1.54) is 24.1 Å². The first-order valence-corrected chi connectivity index (χ1v) is 6.22. The van der Waals surface area contributed by atoms with Crippen LogP contribution < -0.4 is 4.74 Å². The van der Waals surface area contributed by atoms with Gasteiger partial charge in [-0.05, 0) is 24.1 Å². The van der Waals surface area contributed by atoms with E-state index in [-0.39, 0.29) is 24.5 Å². The van der Waals surface area contributed by atoms with E-state index in [0.29, 0.717) is 18.5 Å². The minimum atomic E-state index is -0.886. The van der Waals surface area contributed by atoms with Crippen LogP contribution in [0, 0.1) is 5.82 Å². The fourth-order valence-corrected chi connectivity index (χ4v) is 1.72. The van der Waals surface area contributed by atoms with Gasteiger partial charge in [0.1, 0.15) is 0 Å². The van der Waals surface area contributed by atoms with Gasteiger partial charge < -0.3 is 14.7 Å². The van der Waals surface area contributed by atoms with Crippen molar-refractivity contribution in [1.29, 1.82) is 0 Å². The molecule has 1 aromatic carbocycles. The number of likely N-dealkylation sites (N-methyl/N-ethyl adjacent to an activating group) is 1. The van der Waals surface area contributed by atoms with Crippen molar-refractivity contribution in [2.24, 2.45) is 0 Å². The van der Waals surface area contributed by atoms with Crippen molar-refractivity contribution in [3.05, 3.63) is 29.6 Å². The lowest BCUT2D eigenvalue weighted by atomic mass is 10.1. The average molecular weight is 283 g/mol. The molecule has 0 radical (unpaired) electrons. The van der Waals surface area contributed by atoms with Crippen molar-refractivity contribution in [3.8, 4) is 5.75 Å². The highest BCUT2D eigenvalue weighted by atomic mass is 19.1. The summed E-state index contributed by atoms with van der Waals surface area (Å²) < 4.78 is 18.3. The predicted molar refractivity (Wildman–Crippen MR) is 71.2 cm³/mol. The van der Waals surface area contributed by atoms with Crippen molar-refractivity contribution in [3.63, 3.8) is 0 Å². The molecule has 20 heavy (non-hydrogen) atoms. The number of carboxylic acid groups (broad SMARTS) is 1. The van der Waals surface area contributed by atoms with Gasteiger partial charge in [0.25, 0.3) is 0 Å². The maximum Gasteiger partial charge on any atom is 0.303 e. The molecule has 0 aliphatic carbocycles. The quantitative estimate of drug-likeness (QED) is 0.827. The van der Waals surface area contributed by atoms with Gasteiger partial charge in [0.15, 0.2) is 11.6 Å². The first kappa shape index (κ1) is 15.9. The van der Waals surface area contributed by atoms with Gasteiger partial charge >= 0.3 is 5.97 Å². The number of methoxy groups -OCH3 is 1. The first-order chi connectivity index (χ1) is 9.43. The second-order valence-corrected chi connectivity index (χ2v) is 4.46. The minimum Gasteiger partial charge on any atom is -0.494 e. The smallest absolute Gasteiger partial charge is 0.303 e. The van der Waals surface area contributed by atoms with Gasteiger partial charge in [-0.2, -0.15) is 0 Å². The monoisotopic (exact) mass is 283 g/mol. The van der Waals surface area contributed by atoms with E-state index in [1.807, 2.05) is 0 Å². The lowest BCUT2D eigenvalue weighted by molar-refractivity contribution is -0.138. The first-order valence-electron chi connectivity index (χ1n) is 6.22. The van der Waals surface area contributed by atoms with Crippen LogP contribution in [0.25, 0.3) is 0 Å². The Labute approximate surface area is 117 Å². The van der Waals surface area contributed by atoms with E-state index < -0.39 is 11.8 Å². The van der Waals surface area contributed by atoms with E-state index in [2.05, 4.69) is 0 Å². The molecule has 110 valence electrons. The maximum absolute atomic E-state index is 13.5. The van der Waals surface area contributed by atoms with Crippen molar-refractivity contribution in [2.45, 2.75) is 19.3 Å². The van der Waals surface area contributed by atoms with Gasteiger partial charge in [-0.3, -0.25) is 9.59 Å². The van der Waals surface area contributed by atoms with E-state index in [1.54, 1.807) is 13.1 Å². The molecule has 6 heteroatoms. The molecule has 1 N–H and O–H groups in total. The zero-order valence-electron chi connectivity index (χ0n) is 11.6. The minimum absolute atomic E-state index is 0.0226. The third kappa shape index (κ3) is 4.87. The van der Waals surface area contributed by atoms with Crippen LogP contribution in [0.3, 0.4) is 0 Å². The molecule has 5 nitrogen and oxygen atoms in total. The highest BCUT2D eigenvalue weighted by Crippen LogP contribution is 2.18. The Hall–Kier alpha value is -2.11. The number of carboxylic acids is 1. The van der Waals surface area contributed by atoms with Gasteiger partial charge in [0.05, 0.1) is 13.5 Å². The molecule has 0 atom stereocenters. The van der Waals surface area contributed by atoms with Crippen LogP contribution in [-0.2, 0) is 16.0 Å². The van der Waals surface area contributed by atoms with Gasteiger partial charge in [-0.25, -0.2) is 4.39 Å². The molecule has 1 amide bonds. The number of benzene rings is 1. The van der Waals surface area contributed by atoms with E-state index in [0.717, 1.165) is 0 Å². The molecule has 0 aliphatic heterocycles. The molecule has 0 bridgehead atoms. The third-order valence-corrected chi connectivity index (χ3v) is 2.88. The molecule has 0 spiro atoms. The molecule has 0 unspecified atom stereocenters. The summed E-state index contributed by atoms with van der Waals surface area (Å²) in [7, 11) is 2.98. The summed E-state index contributed by atoms with van der Waals surface area (Å²) in [6.07, 6.45) is 0.494. The van der Waals surface area contributed by atoms with E-state index in [9.17, 15) is 14.0 Å². The Morgan fingerprint density at radius 1 is 1.40 bits per heavy atom. The fraction of sp³-hybridized carbons (Fsp3) is 0.429. The number of rotatable bonds is 7. The van der Waals surface area contributed by atoms with Crippen molar-refractivity contribution < 1.29 is 23.8 Å². The number of carbonyl (C=O) groups excluding carboxylic acids is 1. The lowest BCUT2D eigenvalue weighted by Crippen LogP contribution is -2.29. The topological polar surface area (TPSA) is 66.8 Å². The van der Waals surface area contributed by atoms with Gasteiger partial charge in [-0.1, -0.05) is 6.07 Å². The number of hydrogen-bond acceptors (Lipinski definition) is 3. The summed E-state index contributed by atoms with van der Waals surface area (Å²) in [4.78, 5) is 23.7. The predicted octanol–water partition coefficient (Wildman–Crippen LogP) is 1.70. The Kier molecular flexibility index (Phi) is 5.96. The number of nitrogens with zero attached hydrogens (tertiary/aromatic N) is 1. The van der Waals surface area contributed by atoms with E-state index in [4.69, 9.17) is 9.84 Å². The maximum atomic E-state index is 13.5. The van der Waals surface area contributed by atoms with Crippen molar-refractivity contribution in [1.82, 2.24) is 4.90 Å². The van der Waals surface area contributed by atoms with Crippen LogP contribution >= 0.6 is 0 Å². The van der Waals surface area contributed by atoms with Crippen molar-refractivity contribution in [2.75, 3.05) is 20.7 Å².